The third-order valence-electron chi connectivity index (χ3n) is 5.40. The second-order valence-corrected chi connectivity index (χ2v) is 6.92. The maximum absolute atomic E-state index is 4.73. The Kier molecular flexibility index (Phi) is 2.91. The number of nitrogens with zero attached hydrogens (tertiary/aromatic N) is 2. The Morgan fingerprint density at radius 2 is 1.33 bits per heavy atom. The van der Waals surface area contributed by atoms with E-state index < -0.39 is 0 Å². The highest BCUT2D eigenvalue weighted by Crippen LogP contribution is 2.37. The lowest BCUT2D eigenvalue weighted by atomic mass is 9.99. The lowest BCUT2D eigenvalue weighted by Gasteiger charge is -2.06. The van der Waals surface area contributed by atoms with E-state index >= 15 is 0 Å². The van der Waals surface area contributed by atoms with Crippen LogP contribution < -0.4 is 0 Å². The van der Waals surface area contributed by atoms with E-state index in [1.165, 1.54) is 32.8 Å². The van der Waals surface area contributed by atoms with Gasteiger partial charge in [-0.3, -0.25) is 4.98 Å². The Morgan fingerprint density at radius 1 is 0.593 bits per heavy atom. The highest BCUT2D eigenvalue weighted by molar-refractivity contribution is 6.08. The second-order valence-electron chi connectivity index (χ2n) is 6.92. The molecule has 0 aliphatic carbocycles. The number of hydrogen-bond acceptors (Lipinski definition) is 1. The fourth-order valence-electron chi connectivity index (χ4n) is 4.18. The van der Waals surface area contributed by atoms with Crippen molar-refractivity contribution >= 4 is 38.2 Å². The smallest absolute Gasteiger partial charge is 0.0871 e. The van der Waals surface area contributed by atoms with Crippen LogP contribution in [0.2, 0.25) is 0 Å². The summed E-state index contributed by atoms with van der Waals surface area (Å²) in [6.07, 6.45) is 2.01. The Balaban J connectivity index is 1.81. The maximum atomic E-state index is 4.73. The van der Waals surface area contributed by atoms with Gasteiger partial charge in [-0.1, -0.05) is 66.7 Å². The van der Waals surface area contributed by atoms with Crippen molar-refractivity contribution in [3.8, 4) is 11.1 Å². The van der Waals surface area contributed by atoms with Gasteiger partial charge in [-0.2, -0.15) is 0 Å². The van der Waals surface area contributed by atoms with Gasteiger partial charge in [0.1, 0.15) is 0 Å². The van der Waals surface area contributed by atoms with Crippen LogP contribution in [0, 0.1) is 0 Å². The number of hydrogen-bond donors (Lipinski definition) is 0. The van der Waals surface area contributed by atoms with Crippen LogP contribution in [0.25, 0.3) is 49.4 Å². The molecule has 0 aliphatic heterocycles. The van der Waals surface area contributed by atoms with Crippen molar-refractivity contribution in [2.45, 2.75) is 0 Å². The van der Waals surface area contributed by atoms with Gasteiger partial charge in [0.25, 0.3) is 0 Å². The standard InChI is InChI=1S/C25H16N2/c1-2-8-18-15-19(14-13-17(18)7-1)25-20-9-3-5-11-22(20)27-23-12-6-4-10-21(23)26-16-24(25)27/h1-16H. The monoisotopic (exact) mass is 344 g/mol. The van der Waals surface area contributed by atoms with Gasteiger partial charge in [-0.15, -0.1) is 0 Å². The summed E-state index contributed by atoms with van der Waals surface area (Å²) in [5, 5.41) is 3.77. The van der Waals surface area contributed by atoms with Crippen molar-refractivity contribution in [3.63, 3.8) is 0 Å². The van der Waals surface area contributed by atoms with Crippen LogP contribution in [0.15, 0.2) is 97.2 Å². The number of rotatable bonds is 1. The van der Waals surface area contributed by atoms with E-state index in [2.05, 4.69) is 89.3 Å². The van der Waals surface area contributed by atoms with Crippen LogP contribution in [0.4, 0.5) is 0 Å². The summed E-state index contributed by atoms with van der Waals surface area (Å²) >= 11 is 0. The van der Waals surface area contributed by atoms with Crippen LogP contribution in [0.5, 0.6) is 0 Å². The van der Waals surface area contributed by atoms with Gasteiger partial charge < -0.3 is 4.40 Å². The molecule has 0 aliphatic rings. The fraction of sp³-hybridized carbons (Fsp3) is 0. The third kappa shape index (κ3) is 2.04. The van der Waals surface area contributed by atoms with Crippen molar-refractivity contribution in [2.75, 3.05) is 0 Å². The first-order valence-electron chi connectivity index (χ1n) is 9.16. The lowest BCUT2D eigenvalue weighted by Crippen LogP contribution is -1.90. The lowest BCUT2D eigenvalue weighted by molar-refractivity contribution is 1.27. The Hall–Kier alpha value is -3.65. The molecule has 2 heterocycles. The second kappa shape index (κ2) is 5.42. The van der Waals surface area contributed by atoms with Crippen molar-refractivity contribution in [2.24, 2.45) is 0 Å². The molecule has 4 aromatic carbocycles. The molecule has 0 unspecified atom stereocenters. The molecule has 126 valence electrons. The van der Waals surface area contributed by atoms with E-state index in [4.69, 9.17) is 4.98 Å². The molecule has 2 nitrogen and oxygen atoms in total. The predicted octanol–water partition coefficient (Wildman–Crippen LogP) is 6.46. The Labute approximate surface area is 156 Å². The SMILES string of the molecule is c1ccc2cc(-c3c4ccccc4n4c3cnc3ccccc34)ccc2c1. The zero-order valence-corrected chi connectivity index (χ0v) is 14.6. The van der Waals surface area contributed by atoms with Crippen molar-refractivity contribution in [1.82, 2.24) is 9.38 Å². The number of fused-ring (bicyclic) bond motifs is 6. The first-order chi connectivity index (χ1) is 13.4. The van der Waals surface area contributed by atoms with Crippen LogP contribution in [-0.2, 0) is 0 Å². The van der Waals surface area contributed by atoms with E-state index in [1.54, 1.807) is 0 Å². The number of benzene rings is 4. The van der Waals surface area contributed by atoms with Crippen LogP contribution in [0.1, 0.15) is 0 Å². The molecule has 6 rings (SSSR count). The molecular weight excluding hydrogens is 328 g/mol. The minimum Gasteiger partial charge on any atom is -0.306 e. The summed E-state index contributed by atoms with van der Waals surface area (Å²) in [7, 11) is 0. The summed E-state index contributed by atoms with van der Waals surface area (Å²) in [6, 6.07) is 32.2. The summed E-state index contributed by atoms with van der Waals surface area (Å²) < 4.78 is 2.34. The summed E-state index contributed by atoms with van der Waals surface area (Å²) in [6.45, 7) is 0. The van der Waals surface area contributed by atoms with Gasteiger partial charge in [0.2, 0.25) is 0 Å². The van der Waals surface area contributed by atoms with E-state index in [1.807, 2.05) is 12.3 Å². The van der Waals surface area contributed by atoms with Crippen molar-refractivity contribution in [3.05, 3.63) is 97.2 Å². The largest absolute Gasteiger partial charge is 0.306 e. The Bertz CT molecular complexity index is 1470. The van der Waals surface area contributed by atoms with Gasteiger partial charge in [0.05, 0.1) is 28.3 Å². The van der Waals surface area contributed by atoms with Crippen molar-refractivity contribution in [1.29, 1.82) is 0 Å². The zero-order valence-electron chi connectivity index (χ0n) is 14.6. The van der Waals surface area contributed by atoms with Crippen LogP contribution in [0.3, 0.4) is 0 Å². The van der Waals surface area contributed by atoms with Gasteiger partial charge in [0, 0.05) is 10.9 Å². The molecule has 0 N–H and O–H groups in total. The molecule has 0 bridgehead atoms. The molecule has 0 saturated carbocycles. The van der Waals surface area contributed by atoms with E-state index in [0.29, 0.717) is 0 Å². The number of aromatic nitrogens is 2. The molecule has 0 saturated heterocycles. The normalized spacial score (nSPS) is 11.7. The molecule has 0 amide bonds. The fourth-order valence-corrected chi connectivity index (χ4v) is 4.18. The molecule has 2 heteroatoms. The predicted molar refractivity (Wildman–Crippen MR) is 113 cm³/mol. The molecule has 0 atom stereocenters. The quantitative estimate of drug-likeness (QED) is 0.334. The molecule has 6 aromatic rings. The molecule has 0 spiro atoms. The minimum atomic E-state index is 1.01. The van der Waals surface area contributed by atoms with Crippen molar-refractivity contribution < 1.29 is 0 Å². The average Bonchev–Trinajstić information content (AvgIpc) is 3.08. The van der Waals surface area contributed by atoms with E-state index in [0.717, 1.165) is 16.6 Å². The van der Waals surface area contributed by atoms with Gasteiger partial charge in [-0.25, -0.2) is 0 Å². The van der Waals surface area contributed by atoms with Crippen LogP contribution in [-0.4, -0.2) is 9.38 Å². The summed E-state index contributed by atoms with van der Waals surface area (Å²) in [5.41, 5.74) is 6.98. The van der Waals surface area contributed by atoms with Gasteiger partial charge in [0.15, 0.2) is 0 Å². The van der Waals surface area contributed by atoms with Gasteiger partial charge in [-0.05, 0) is 40.6 Å². The molecule has 2 aromatic heterocycles. The first kappa shape index (κ1) is 14.5. The molecule has 0 radical (unpaired) electrons. The topological polar surface area (TPSA) is 17.3 Å². The van der Waals surface area contributed by atoms with Crippen LogP contribution >= 0.6 is 0 Å². The summed E-state index contributed by atoms with van der Waals surface area (Å²) in [5.74, 6) is 0. The molecule has 27 heavy (non-hydrogen) atoms. The molecular formula is C25H16N2. The first-order valence-corrected chi connectivity index (χ1v) is 9.16. The molecule has 0 fully saturated rings. The highest BCUT2D eigenvalue weighted by Gasteiger charge is 2.15. The van der Waals surface area contributed by atoms with E-state index in [9.17, 15) is 0 Å². The zero-order chi connectivity index (χ0) is 17.8. The Morgan fingerprint density at radius 3 is 2.26 bits per heavy atom. The van der Waals surface area contributed by atoms with Gasteiger partial charge >= 0.3 is 0 Å². The highest BCUT2D eigenvalue weighted by atomic mass is 14.9. The number of para-hydroxylation sites is 3. The third-order valence-corrected chi connectivity index (χ3v) is 5.40. The average molecular weight is 344 g/mol. The maximum Gasteiger partial charge on any atom is 0.0871 e. The van der Waals surface area contributed by atoms with E-state index in [-0.39, 0.29) is 0 Å². The summed E-state index contributed by atoms with van der Waals surface area (Å²) in [4.78, 5) is 4.73. The minimum absolute atomic E-state index is 1.01.